The van der Waals surface area contributed by atoms with Gasteiger partial charge >= 0.3 is 0 Å². The quantitative estimate of drug-likeness (QED) is 0.731. The first kappa shape index (κ1) is 18.7. The SMILES string of the molecule is N/C=C/C#Cc1cccc(NC(=O)c2ccc(CN3CC[C@@H](O)C3)cc2)c1. The van der Waals surface area contributed by atoms with E-state index in [4.69, 9.17) is 5.73 Å². The summed E-state index contributed by atoms with van der Waals surface area (Å²) in [5.41, 5.74) is 8.48. The number of amides is 1. The Labute approximate surface area is 159 Å². The Kier molecular flexibility index (Phi) is 6.26. The molecule has 0 unspecified atom stereocenters. The summed E-state index contributed by atoms with van der Waals surface area (Å²) in [7, 11) is 0. The van der Waals surface area contributed by atoms with E-state index < -0.39 is 0 Å². The number of nitrogens with two attached hydrogens (primary N) is 1. The van der Waals surface area contributed by atoms with Crippen LogP contribution >= 0.6 is 0 Å². The van der Waals surface area contributed by atoms with Crippen molar-refractivity contribution in [2.24, 2.45) is 5.73 Å². The van der Waals surface area contributed by atoms with Crippen LogP contribution in [0.3, 0.4) is 0 Å². The number of anilines is 1. The molecule has 1 aliphatic rings. The molecule has 0 bridgehead atoms. The van der Waals surface area contributed by atoms with Crippen LogP contribution in [0.1, 0.15) is 27.9 Å². The summed E-state index contributed by atoms with van der Waals surface area (Å²) in [6, 6.07) is 14.9. The van der Waals surface area contributed by atoms with Crippen molar-refractivity contribution < 1.29 is 9.90 Å². The van der Waals surface area contributed by atoms with Crippen molar-refractivity contribution in [1.29, 1.82) is 0 Å². The van der Waals surface area contributed by atoms with Crippen LogP contribution in [0.5, 0.6) is 0 Å². The molecule has 0 aliphatic carbocycles. The normalized spacial score (nSPS) is 16.9. The smallest absolute Gasteiger partial charge is 0.255 e. The molecule has 4 N–H and O–H groups in total. The monoisotopic (exact) mass is 361 g/mol. The predicted molar refractivity (Wildman–Crippen MR) is 107 cm³/mol. The van der Waals surface area contributed by atoms with E-state index >= 15 is 0 Å². The molecule has 0 radical (unpaired) electrons. The van der Waals surface area contributed by atoms with Crippen molar-refractivity contribution in [3.8, 4) is 11.8 Å². The number of benzene rings is 2. The third kappa shape index (κ3) is 5.45. The van der Waals surface area contributed by atoms with Crippen molar-refractivity contribution in [1.82, 2.24) is 4.90 Å². The average molecular weight is 361 g/mol. The van der Waals surface area contributed by atoms with E-state index in [9.17, 15) is 9.90 Å². The molecule has 2 aromatic carbocycles. The van der Waals surface area contributed by atoms with Gasteiger partial charge in [0.05, 0.1) is 6.10 Å². The minimum atomic E-state index is -0.221. The first-order chi connectivity index (χ1) is 13.1. The Morgan fingerprint density at radius 3 is 2.81 bits per heavy atom. The fraction of sp³-hybridized carbons (Fsp3) is 0.227. The third-order valence-electron chi connectivity index (χ3n) is 4.39. The second kappa shape index (κ2) is 9.04. The van der Waals surface area contributed by atoms with Crippen LogP contribution in [0.4, 0.5) is 5.69 Å². The number of hydrogen-bond donors (Lipinski definition) is 3. The van der Waals surface area contributed by atoms with Gasteiger partial charge in [0.1, 0.15) is 0 Å². The maximum atomic E-state index is 12.5. The van der Waals surface area contributed by atoms with Gasteiger partial charge in [0.15, 0.2) is 0 Å². The highest BCUT2D eigenvalue weighted by Crippen LogP contribution is 2.15. The van der Waals surface area contributed by atoms with Crippen molar-refractivity contribution in [2.45, 2.75) is 19.1 Å². The zero-order valence-electron chi connectivity index (χ0n) is 15.1. The summed E-state index contributed by atoms with van der Waals surface area (Å²) in [6.07, 6.45) is 3.55. The van der Waals surface area contributed by atoms with Gasteiger partial charge in [-0.15, -0.1) is 0 Å². The molecule has 0 saturated carbocycles. The molecule has 27 heavy (non-hydrogen) atoms. The van der Waals surface area contributed by atoms with E-state index in [2.05, 4.69) is 22.1 Å². The summed E-state index contributed by atoms with van der Waals surface area (Å²) in [6.45, 7) is 2.41. The Bertz CT molecular complexity index is 878. The number of carbonyl (C=O) groups is 1. The highest BCUT2D eigenvalue weighted by Gasteiger charge is 2.19. The molecule has 0 aromatic heterocycles. The van der Waals surface area contributed by atoms with E-state index in [1.54, 1.807) is 6.08 Å². The standard InChI is InChI=1S/C22H23N3O2/c23-12-2-1-4-17-5-3-6-20(14-17)24-22(27)19-9-7-18(8-10-19)15-25-13-11-21(26)16-25/h2-3,5-10,12,14,21,26H,11,13,15-16,23H2,(H,24,27)/b12-2+/t21-/m1/s1. The van der Waals surface area contributed by atoms with Gasteiger partial charge < -0.3 is 16.2 Å². The van der Waals surface area contributed by atoms with Crippen LogP contribution in [0, 0.1) is 11.8 Å². The van der Waals surface area contributed by atoms with Crippen molar-refractivity contribution >= 4 is 11.6 Å². The summed E-state index contributed by atoms with van der Waals surface area (Å²) in [5, 5.41) is 12.5. The van der Waals surface area contributed by atoms with Crippen LogP contribution in [0.2, 0.25) is 0 Å². The Morgan fingerprint density at radius 1 is 1.30 bits per heavy atom. The van der Waals surface area contributed by atoms with Gasteiger partial charge in [0.2, 0.25) is 0 Å². The number of aliphatic hydroxyl groups is 1. The highest BCUT2D eigenvalue weighted by atomic mass is 16.3. The van der Waals surface area contributed by atoms with E-state index in [0.717, 1.165) is 30.6 Å². The van der Waals surface area contributed by atoms with Crippen molar-refractivity contribution in [3.63, 3.8) is 0 Å². The van der Waals surface area contributed by atoms with Crippen LogP contribution in [0.15, 0.2) is 60.8 Å². The van der Waals surface area contributed by atoms with Gasteiger partial charge in [-0.3, -0.25) is 9.69 Å². The molecule has 1 heterocycles. The Hall–Kier alpha value is -3.07. The number of β-amino-alcohol motifs (C(OH)–C–C–N with tert-alkyl or cyclic N) is 1. The molecule has 5 nitrogen and oxygen atoms in total. The molecule has 1 amide bonds. The summed E-state index contributed by atoms with van der Waals surface area (Å²) in [4.78, 5) is 14.7. The van der Waals surface area contributed by atoms with Gasteiger partial charge in [-0.25, -0.2) is 0 Å². The van der Waals surface area contributed by atoms with Crippen molar-refractivity contribution in [2.75, 3.05) is 18.4 Å². The van der Waals surface area contributed by atoms with Crippen LogP contribution < -0.4 is 11.1 Å². The topological polar surface area (TPSA) is 78.6 Å². The number of nitrogens with zero attached hydrogens (tertiary/aromatic N) is 1. The molecule has 1 atom stereocenters. The third-order valence-corrected chi connectivity index (χ3v) is 4.39. The molecule has 0 spiro atoms. The molecular weight excluding hydrogens is 338 g/mol. The lowest BCUT2D eigenvalue weighted by Gasteiger charge is -2.15. The zero-order chi connectivity index (χ0) is 19.1. The fourth-order valence-corrected chi connectivity index (χ4v) is 3.03. The minimum absolute atomic E-state index is 0.162. The van der Waals surface area contributed by atoms with Gasteiger partial charge in [0, 0.05) is 48.7 Å². The molecule has 1 aliphatic heterocycles. The highest BCUT2D eigenvalue weighted by molar-refractivity contribution is 6.04. The zero-order valence-corrected chi connectivity index (χ0v) is 15.1. The van der Waals surface area contributed by atoms with Crippen LogP contribution in [-0.2, 0) is 6.54 Å². The number of likely N-dealkylation sites (tertiary alicyclic amines) is 1. The molecule has 1 saturated heterocycles. The van der Waals surface area contributed by atoms with Gasteiger partial charge in [0.25, 0.3) is 5.91 Å². The first-order valence-electron chi connectivity index (χ1n) is 8.93. The second-order valence-electron chi connectivity index (χ2n) is 6.54. The van der Waals surface area contributed by atoms with E-state index in [0.29, 0.717) is 17.8 Å². The van der Waals surface area contributed by atoms with Gasteiger partial charge in [-0.2, -0.15) is 0 Å². The maximum Gasteiger partial charge on any atom is 0.255 e. The lowest BCUT2D eigenvalue weighted by atomic mass is 10.1. The number of rotatable bonds is 4. The van der Waals surface area contributed by atoms with E-state index in [1.165, 1.54) is 6.20 Å². The first-order valence-corrected chi connectivity index (χ1v) is 8.93. The summed E-state index contributed by atoms with van der Waals surface area (Å²) >= 11 is 0. The molecule has 2 aromatic rings. The lowest BCUT2D eigenvalue weighted by Crippen LogP contribution is -2.21. The van der Waals surface area contributed by atoms with E-state index in [1.807, 2.05) is 48.5 Å². The molecule has 1 fully saturated rings. The number of hydrogen-bond acceptors (Lipinski definition) is 4. The van der Waals surface area contributed by atoms with Gasteiger partial charge in [-0.05, 0) is 42.3 Å². The summed E-state index contributed by atoms with van der Waals surface area (Å²) in [5.74, 6) is 5.61. The maximum absolute atomic E-state index is 12.5. The minimum Gasteiger partial charge on any atom is -0.404 e. The average Bonchev–Trinajstić information content (AvgIpc) is 3.07. The van der Waals surface area contributed by atoms with Crippen molar-refractivity contribution in [3.05, 3.63) is 77.5 Å². The number of nitrogens with one attached hydrogen (secondary N) is 1. The number of aliphatic hydroxyl groups excluding tert-OH is 1. The Balaban J connectivity index is 1.61. The predicted octanol–water partition coefficient (Wildman–Crippen LogP) is 2.33. The molecule has 138 valence electrons. The van der Waals surface area contributed by atoms with Gasteiger partial charge in [-0.1, -0.05) is 30.0 Å². The lowest BCUT2D eigenvalue weighted by molar-refractivity contribution is 0.102. The Morgan fingerprint density at radius 2 is 2.11 bits per heavy atom. The number of allylic oxidation sites excluding steroid dienone is 1. The molecule has 3 rings (SSSR count). The van der Waals surface area contributed by atoms with Crippen LogP contribution in [-0.4, -0.2) is 35.1 Å². The van der Waals surface area contributed by atoms with Crippen LogP contribution in [0.25, 0.3) is 0 Å². The molecule has 5 heteroatoms. The fourth-order valence-electron chi connectivity index (χ4n) is 3.03. The van der Waals surface area contributed by atoms with E-state index in [-0.39, 0.29) is 12.0 Å². The molecular formula is C22H23N3O2. The second-order valence-corrected chi connectivity index (χ2v) is 6.54. The largest absolute Gasteiger partial charge is 0.404 e. The number of carbonyl (C=O) groups excluding carboxylic acids is 1. The summed E-state index contributed by atoms with van der Waals surface area (Å²) < 4.78 is 0.